The lowest BCUT2D eigenvalue weighted by Gasteiger charge is -2.36. The van der Waals surface area contributed by atoms with Crippen LogP contribution in [0.3, 0.4) is 0 Å². The van der Waals surface area contributed by atoms with Gasteiger partial charge in [0.1, 0.15) is 5.75 Å². The van der Waals surface area contributed by atoms with Crippen molar-refractivity contribution >= 4 is 21.7 Å². The quantitative estimate of drug-likeness (QED) is 0.825. The fourth-order valence-corrected chi connectivity index (χ4v) is 3.11. The normalized spacial score (nSPS) is 18.0. The number of carbonyl (C=O) groups is 1. The highest BCUT2D eigenvalue weighted by Gasteiger charge is 2.41. The molecular weight excluding hydrogens is 330 g/mol. The molecule has 0 fully saturated rings. The number of ether oxygens (including phenoxy) is 1. The Hall–Kier alpha value is -1.68. The van der Waals surface area contributed by atoms with Crippen LogP contribution in [0, 0.1) is 5.92 Å². The highest BCUT2D eigenvalue weighted by Crippen LogP contribution is 2.39. The maximum Gasteiger partial charge on any atom is 0.173 e. The summed E-state index contributed by atoms with van der Waals surface area (Å²) in [5.41, 5.74) is 1.46. The van der Waals surface area contributed by atoms with Crippen LogP contribution in [0.5, 0.6) is 5.75 Å². The van der Waals surface area contributed by atoms with Gasteiger partial charge in [-0.25, -0.2) is 0 Å². The van der Waals surface area contributed by atoms with Gasteiger partial charge in [0, 0.05) is 22.3 Å². The summed E-state index contributed by atoms with van der Waals surface area (Å²) in [6.45, 7) is 4.56. The molecule has 0 saturated carbocycles. The number of carbonyl (C=O) groups excluding carboxylic acids is 1. The number of ketones is 1. The monoisotopic (exact) mass is 345 g/mol. The first-order valence-corrected chi connectivity index (χ1v) is 7.66. The Morgan fingerprint density at radius 1 is 1.24 bits per heavy atom. The summed E-state index contributed by atoms with van der Waals surface area (Å²) >= 11 is 3.40. The molecule has 0 saturated heterocycles. The number of benzene rings is 1. The molecule has 4 heteroatoms. The first-order chi connectivity index (χ1) is 10.00. The standard InChI is InChI=1S/C17H16BrNO2/c1-17(2,11-5-7-19-8-6-11)14-10-21-15-9-12(18)3-4-13(15)16(14)20/h3-9,14H,10H2,1-2H3. The van der Waals surface area contributed by atoms with E-state index >= 15 is 0 Å². The SMILES string of the molecule is CC(C)(c1ccncc1)C1COc2cc(Br)ccc2C1=O. The summed E-state index contributed by atoms with van der Waals surface area (Å²) < 4.78 is 6.75. The number of aromatic nitrogens is 1. The molecular formula is C17H16BrNO2. The van der Waals surface area contributed by atoms with Crippen LogP contribution in [0.4, 0.5) is 0 Å². The summed E-state index contributed by atoms with van der Waals surface area (Å²) in [7, 11) is 0. The third-order valence-electron chi connectivity index (χ3n) is 4.23. The van der Waals surface area contributed by atoms with Gasteiger partial charge in [-0.15, -0.1) is 0 Å². The van der Waals surface area contributed by atoms with Crippen LogP contribution in [0.2, 0.25) is 0 Å². The van der Waals surface area contributed by atoms with E-state index in [9.17, 15) is 4.79 Å². The van der Waals surface area contributed by atoms with Crippen molar-refractivity contribution in [1.29, 1.82) is 0 Å². The molecule has 1 unspecified atom stereocenters. The highest BCUT2D eigenvalue weighted by molar-refractivity contribution is 9.10. The Labute approximate surface area is 132 Å². The molecule has 1 aliphatic heterocycles. The Morgan fingerprint density at radius 2 is 1.95 bits per heavy atom. The molecule has 0 amide bonds. The average molecular weight is 346 g/mol. The van der Waals surface area contributed by atoms with Gasteiger partial charge < -0.3 is 4.74 Å². The van der Waals surface area contributed by atoms with Crippen LogP contribution in [-0.2, 0) is 5.41 Å². The second-order valence-corrected chi connectivity index (χ2v) is 6.74. The van der Waals surface area contributed by atoms with E-state index in [1.807, 2.05) is 30.3 Å². The molecule has 3 rings (SSSR count). The molecule has 3 nitrogen and oxygen atoms in total. The van der Waals surface area contributed by atoms with Crippen LogP contribution >= 0.6 is 15.9 Å². The number of hydrogen-bond donors (Lipinski definition) is 0. The second kappa shape index (κ2) is 5.26. The number of rotatable bonds is 2. The number of nitrogens with zero attached hydrogens (tertiary/aromatic N) is 1. The Balaban J connectivity index is 1.98. The highest BCUT2D eigenvalue weighted by atomic mass is 79.9. The largest absolute Gasteiger partial charge is 0.492 e. The van der Waals surface area contributed by atoms with Crippen molar-refractivity contribution in [2.75, 3.05) is 6.61 Å². The smallest absolute Gasteiger partial charge is 0.173 e. The fourth-order valence-electron chi connectivity index (χ4n) is 2.77. The zero-order valence-corrected chi connectivity index (χ0v) is 13.6. The first kappa shape index (κ1) is 14.3. The number of halogens is 1. The van der Waals surface area contributed by atoms with Gasteiger partial charge in [0.05, 0.1) is 18.1 Å². The zero-order chi connectivity index (χ0) is 15.0. The molecule has 108 valence electrons. The third kappa shape index (κ3) is 2.48. The van der Waals surface area contributed by atoms with Crippen molar-refractivity contribution in [2.45, 2.75) is 19.3 Å². The molecule has 1 aliphatic rings. The van der Waals surface area contributed by atoms with E-state index in [0.29, 0.717) is 17.9 Å². The minimum atomic E-state index is -0.301. The van der Waals surface area contributed by atoms with Crippen molar-refractivity contribution in [3.63, 3.8) is 0 Å². The van der Waals surface area contributed by atoms with Crippen molar-refractivity contribution < 1.29 is 9.53 Å². The average Bonchev–Trinajstić information content (AvgIpc) is 2.48. The van der Waals surface area contributed by atoms with Gasteiger partial charge in [-0.2, -0.15) is 0 Å². The summed E-state index contributed by atoms with van der Waals surface area (Å²) in [6.07, 6.45) is 3.52. The molecule has 0 aliphatic carbocycles. The summed E-state index contributed by atoms with van der Waals surface area (Å²) in [5, 5.41) is 0. The Bertz CT molecular complexity index is 682. The van der Waals surface area contributed by atoms with Gasteiger partial charge in [-0.3, -0.25) is 9.78 Å². The predicted molar refractivity (Wildman–Crippen MR) is 84.7 cm³/mol. The third-order valence-corrected chi connectivity index (χ3v) is 4.72. The van der Waals surface area contributed by atoms with E-state index in [-0.39, 0.29) is 17.1 Å². The molecule has 2 heterocycles. The van der Waals surface area contributed by atoms with E-state index in [4.69, 9.17) is 4.74 Å². The molecule has 0 spiro atoms. The number of fused-ring (bicyclic) bond motifs is 1. The van der Waals surface area contributed by atoms with Gasteiger partial charge in [0.15, 0.2) is 5.78 Å². The van der Waals surface area contributed by atoms with Gasteiger partial charge in [-0.1, -0.05) is 29.8 Å². The predicted octanol–water partition coefficient (Wildman–Crippen LogP) is 4.01. The van der Waals surface area contributed by atoms with Gasteiger partial charge in [0.25, 0.3) is 0 Å². The lowest BCUT2D eigenvalue weighted by atomic mass is 9.70. The number of hydrogen-bond acceptors (Lipinski definition) is 3. The molecule has 1 aromatic carbocycles. The van der Waals surface area contributed by atoms with Crippen molar-refractivity contribution in [3.8, 4) is 5.75 Å². The lowest BCUT2D eigenvalue weighted by Crippen LogP contribution is -2.41. The second-order valence-electron chi connectivity index (χ2n) is 5.83. The maximum atomic E-state index is 12.8. The summed E-state index contributed by atoms with van der Waals surface area (Å²) in [6, 6.07) is 9.48. The minimum absolute atomic E-state index is 0.144. The van der Waals surface area contributed by atoms with Crippen LogP contribution in [0.15, 0.2) is 47.2 Å². The van der Waals surface area contributed by atoms with Gasteiger partial charge in [-0.05, 0) is 35.9 Å². The molecule has 0 N–H and O–H groups in total. The van der Waals surface area contributed by atoms with E-state index in [0.717, 1.165) is 10.0 Å². The molecule has 21 heavy (non-hydrogen) atoms. The summed E-state index contributed by atoms with van der Waals surface area (Å²) in [5.74, 6) is 0.607. The van der Waals surface area contributed by atoms with Crippen molar-refractivity contribution in [3.05, 3.63) is 58.3 Å². The maximum absolute atomic E-state index is 12.8. The topological polar surface area (TPSA) is 39.2 Å². The number of Topliss-reactive ketones (excluding diaryl/α,β-unsaturated/α-hetero) is 1. The zero-order valence-electron chi connectivity index (χ0n) is 12.0. The molecule has 1 atom stereocenters. The molecule has 2 aromatic rings. The van der Waals surface area contributed by atoms with E-state index < -0.39 is 0 Å². The van der Waals surface area contributed by atoms with Crippen molar-refractivity contribution in [2.24, 2.45) is 5.92 Å². The van der Waals surface area contributed by atoms with Crippen LogP contribution in [0.1, 0.15) is 29.8 Å². The first-order valence-electron chi connectivity index (χ1n) is 6.87. The Morgan fingerprint density at radius 3 is 2.67 bits per heavy atom. The van der Waals surface area contributed by atoms with Crippen LogP contribution in [0.25, 0.3) is 0 Å². The van der Waals surface area contributed by atoms with Crippen molar-refractivity contribution in [1.82, 2.24) is 4.98 Å². The Kier molecular flexibility index (Phi) is 3.57. The van der Waals surface area contributed by atoms with Gasteiger partial charge in [0.2, 0.25) is 0 Å². The molecule has 1 aromatic heterocycles. The molecule has 0 bridgehead atoms. The minimum Gasteiger partial charge on any atom is -0.492 e. The summed E-state index contributed by atoms with van der Waals surface area (Å²) in [4.78, 5) is 16.9. The van der Waals surface area contributed by atoms with E-state index in [1.54, 1.807) is 12.4 Å². The number of pyridine rings is 1. The van der Waals surface area contributed by atoms with Gasteiger partial charge >= 0.3 is 0 Å². The van der Waals surface area contributed by atoms with Crippen LogP contribution < -0.4 is 4.74 Å². The fraction of sp³-hybridized carbons (Fsp3) is 0.294. The molecule has 0 radical (unpaired) electrons. The van der Waals surface area contributed by atoms with Crippen LogP contribution in [-0.4, -0.2) is 17.4 Å². The van der Waals surface area contributed by atoms with E-state index in [2.05, 4.69) is 34.8 Å². The lowest BCUT2D eigenvalue weighted by molar-refractivity contribution is 0.0737. The van der Waals surface area contributed by atoms with E-state index in [1.165, 1.54) is 0 Å².